The van der Waals surface area contributed by atoms with Crippen molar-refractivity contribution >= 4 is 40.1 Å². The number of aromatic hydroxyl groups is 1. The number of nitrogens with zero attached hydrogens (tertiary/aromatic N) is 1. The van der Waals surface area contributed by atoms with Crippen LogP contribution in [0.15, 0.2) is 12.1 Å². The van der Waals surface area contributed by atoms with Gasteiger partial charge in [-0.1, -0.05) is 17.7 Å². The highest BCUT2D eigenvalue weighted by Crippen LogP contribution is 2.31. The number of phenols is 1. The molecule has 2 N–H and O–H groups in total. The van der Waals surface area contributed by atoms with Gasteiger partial charge in [0, 0.05) is 32.2 Å². The molecule has 110 valence electrons. The summed E-state index contributed by atoms with van der Waals surface area (Å²) in [5.74, 6) is 0.0886. The zero-order valence-electron chi connectivity index (χ0n) is 11.0. The van der Waals surface area contributed by atoms with E-state index in [9.17, 15) is 9.90 Å². The van der Waals surface area contributed by atoms with Crippen LogP contribution in [0.25, 0.3) is 0 Å². The fourth-order valence-electron chi connectivity index (χ4n) is 2.11. The lowest BCUT2D eigenvalue weighted by molar-refractivity contribution is -0.138. The number of carbonyl (C=O) groups is 1. The number of ether oxygens (including phenoxy) is 1. The number of hydrogen-bond donors (Lipinski definition) is 2. The van der Waals surface area contributed by atoms with Crippen LogP contribution < -0.4 is 5.32 Å². The second-order valence-corrected chi connectivity index (χ2v) is 6.06. The topological polar surface area (TPSA) is 61.8 Å². The molecule has 0 spiro atoms. The summed E-state index contributed by atoms with van der Waals surface area (Å²) >= 11 is 7.98. The Balaban J connectivity index is 2.06. The molecule has 0 unspecified atom stereocenters. The average Bonchev–Trinajstić information content (AvgIpc) is 2.47. The van der Waals surface area contributed by atoms with E-state index in [2.05, 4.69) is 10.2 Å². The number of halogens is 2. The molecule has 0 saturated carbocycles. The first-order chi connectivity index (χ1) is 9.52. The average molecular weight is 411 g/mol. The molecule has 1 aromatic carbocycles. The molecule has 20 heavy (non-hydrogen) atoms. The largest absolute Gasteiger partial charge is 0.506 e. The van der Waals surface area contributed by atoms with Crippen LogP contribution in [0, 0.1) is 3.57 Å². The monoisotopic (exact) mass is 410 g/mol. The number of morpholine rings is 1. The summed E-state index contributed by atoms with van der Waals surface area (Å²) in [5.41, 5.74) is 0.802. The van der Waals surface area contributed by atoms with Crippen molar-refractivity contribution in [2.24, 2.45) is 0 Å². The van der Waals surface area contributed by atoms with Gasteiger partial charge in [0.05, 0.1) is 15.2 Å². The smallest absolute Gasteiger partial charge is 0.250 e. The van der Waals surface area contributed by atoms with Gasteiger partial charge in [-0.2, -0.15) is 0 Å². The van der Waals surface area contributed by atoms with Crippen LogP contribution in [-0.2, 0) is 16.1 Å². The molecule has 1 aromatic rings. The van der Waals surface area contributed by atoms with E-state index in [1.165, 1.54) is 0 Å². The highest BCUT2D eigenvalue weighted by atomic mass is 127. The minimum absolute atomic E-state index is 0.121. The van der Waals surface area contributed by atoms with Crippen LogP contribution in [0.5, 0.6) is 5.75 Å². The van der Waals surface area contributed by atoms with E-state index in [4.69, 9.17) is 16.3 Å². The first-order valence-electron chi connectivity index (χ1n) is 6.24. The summed E-state index contributed by atoms with van der Waals surface area (Å²) in [6.45, 7) is 2.31. The van der Waals surface area contributed by atoms with Crippen LogP contribution in [0.2, 0.25) is 5.02 Å². The molecule has 2 rings (SSSR count). The van der Waals surface area contributed by atoms with Crippen molar-refractivity contribution in [1.82, 2.24) is 10.2 Å². The first-order valence-corrected chi connectivity index (χ1v) is 7.70. The van der Waals surface area contributed by atoms with Crippen molar-refractivity contribution in [3.8, 4) is 5.75 Å². The standard InChI is InChI=1S/C13H16ClIN2O3/c1-16-13(19)10-7-17(4-5-20-10)6-8-2-3-9(14)11(15)12(8)18/h2-3,10,18H,4-7H2,1H3,(H,16,19)/t10-/m1/s1. The van der Waals surface area contributed by atoms with E-state index in [0.29, 0.717) is 28.3 Å². The maximum absolute atomic E-state index is 11.6. The Bertz CT molecular complexity index is 513. The van der Waals surface area contributed by atoms with Gasteiger partial charge in [0.1, 0.15) is 11.9 Å². The fourth-order valence-corrected chi connectivity index (χ4v) is 2.79. The van der Waals surface area contributed by atoms with E-state index >= 15 is 0 Å². The molecule has 1 saturated heterocycles. The summed E-state index contributed by atoms with van der Waals surface area (Å²) in [7, 11) is 1.60. The van der Waals surface area contributed by atoms with Crippen LogP contribution in [-0.4, -0.2) is 48.8 Å². The second-order valence-electron chi connectivity index (χ2n) is 4.58. The quantitative estimate of drug-likeness (QED) is 0.743. The predicted octanol–water partition coefficient (Wildman–Crippen LogP) is 1.60. The third-order valence-corrected chi connectivity index (χ3v) is 4.96. The number of nitrogens with one attached hydrogen (secondary N) is 1. The van der Waals surface area contributed by atoms with Gasteiger partial charge in [-0.15, -0.1) is 0 Å². The van der Waals surface area contributed by atoms with E-state index in [0.717, 1.165) is 12.1 Å². The molecule has 1 heterocycles. The van der Waals surface area contributed by atoms with E-state index in [-0.39, 0.29) is 11.7 Å². The maximum Gasteiger partial charge on any atom is 0.250 e. The predicted molar refractivity (Wildman–Crippen MR) is 84.9 cm³/mol. The Morgan fingerprint density at radius 3 is 3.10 bits per heavy atom. The number of rotatable bonds is 3. The Hall–Kier alpha value is -0.570. The molecule has 1 fully saturated rings. The lowest BCUT2D eigenvalue weighted by Crippen LogP contribution is -2.48. The SMILES string of the molecule is CNC(=O)[C@H]1CN(Cc2ccc(Cl)c(I)c2O)CCO1. The summed E-state index contributed by atoms with van der Waals surface area (Å²) in [6, 6.07) is 3.58. The lowest BCUT2D eigenvalue weighted by Gasteiger charge is -2.32. The molecule has 1 amide bonds. The van der Waals surface area contributed by atoms with Gasteiger partial charge in [-0.05, 0) is 28.7 Å². The van der Waals surface area contributed by atoms with Gasteiger partial charge < -0.3 is 15.2 Å². The molecule has 1 aliphatic rings. The van der Waals surface area contributed by atoms with E-state index in [1.54, 1.807) is 13.1 Å². The van der Waals surface area contributed by atoms with Gasteiger partial charge in [0.15, 0.2) is 0 Å². The van der Waals surface area contributed by atoms with Gasteiger partial charge >= 0.3 is 0 Å². The molecule has 0 bridgehead atoms. The summed E-state index contributed by atoms with van der Waals surface area (Å²) in [6.07, 6.45) is -0.456. The van der Waals surface area contributed by atoms with E-state index < -0.39 is 6.10 Å². The van der Waals surface area contributed by atoms with Crippen molar-refractivity contribution < 1.29 is 14.6 Å². The molecular weight excluding hydrogens is 395 g/mol. The molecule has 0 aliphatic carbocycles. The van der Waals surface area contributed by atoms with Crippen LogP contribution in [0.4, 0.5) is 0 Å². The Morgan fingerprint density at radius 1 is 1.65 bits per heavy atom. The van der Waals surface area contributed by atoms with Gasteiger partial charge in [0.2, 0.25) is 5.91 Å². The van der Waals surface area contributed by atoms with Crippen molar-refractivity contribution in [1.29, 1.82) is 0 Å². The molecule has 7 heteroatoms. The lowest BCUT2D eigenvalue weighted by atomic mass is 10.1. The number of carbonyl (C=O) groups excluding carboxylic acids is 1. The number of hydrogen-bond acceptors (Lipinski definition) is 4. The van der Waals surface area contributed by atoms with Gasteiger partial charge in [-0.3, -0.25) is 9.69 Å². The summed E-state index contributed by atoms with van der Waals surface area (Å²) in [4.78, 5) is 13.7. The first kappa shape index (κ1) is 15.8. The number of amides is 1. The third kappa shape index (κ3) is 3.55. The van der Waals surface area contributed by atoms with Crippen LogP contribution in [0.3, 0.4) is 0 Å². The van der Waals surface area contributed by atoms with Crippen molar-refractivity contribution in [2.45, 2.75) is 12.6 Å². The Labute approximate surface area is 136 Å². The molecular formula is C13H16ClIN2O3. The zero-order chi connectivity index (χ0) is 14.7. The normalized spacial score (nSPS) is 19.9. The van der Waals surface area contributed by atoms with Gasteiger partial charge in [-0.25, -0.2) is 0 Å². The zero-order valence-corrected chi connectivity index (χ0v) is 13.9. The molecule has 5 nitrogen and oxygen atoms in total. The van der Waals surface area contributed by atoms with Crippen molar-refractivity contribution in [3.05, 3.63) is 26.3 Å². The summed E-state index contributed by atoms with van der Waals surface area (Å²) < 4.78 is 6.08. The van der Waals surface area contributed by atoms with Gasteiger partial charge in [0.25, 0.3) is 0 Å². The second kappa shape index (κ2) is 6.93. The fraction of sp³-hybridized carbons (Fsp3) is 0.462. The van der Waals surface area contributed by atoms with Crippen LogP contribution in [0.1, 0.15) is 5.56 Å². The molecule has 1 aliphatic heterocycles. The Kier molecular flexibility index (Phi) is 5.48. The third-order valence-electron chi connectivity index (χ3n) is 3.24. The maximum atomic E-state index is 11.6. The number of likely N-dealkylation sites (N-methyl/N-ethyl adjacent to an activating group) is 1. The number of phenolic OH excluding ortho intramolecular Hbond substituents is 1. The van der Waals surface area contributed by atoms with Crippen LogP contribution >= 0.6 is 34.2 Å². The Morgan fingerprint density at radius 2 is 2.40 bits per heavy atom. The number of benzene rings is 1. The van der Waals surface area contributed by atoms with Crippen molar-refractivity contribution in [3.63, 3.8) is 0 Å². The highest BCUT2D eigenvalue weighted by molar-refractivity contribution is 14.1. The summed E-state index contributed by atoms with van der Waals surface area (Å²) in [5, 5.41) is 13.2. The minimum Gasteiger partial charge on any atom is -0.506 e. The molecule has 0 radical (unpaired) electrons. The van der Waals surface area contributed by atoms with E-state index in [1.807, 2.05) is 28.7 Å². The molecule has 1 atom stereocenters. The molecule has 0 aromatic heterocycles. The minimum atomic E-state index is -0.456. The van der Waals surface area contributed by atoms with Crippen molar-refractivity contribution in [2.75, 3.05) is 26.7 Å². The highest BCUT2D eigenvalue weighted by Gasteiger charge is 2.26.